The van der Waals surface area contributed by atoms with Crippen LogP contribution in [0.4, 0.5) is 0 Å². The van der Waals surface area contributed by atoms with E-state index >= 15 is 0 Å². The summed E-state index contributed by atoms with van der Waals surface area (Å²) < 4.78 is 0. The molecule has 0 spiro atoms. The minimum Gasteiger partial charge on any atom is -0.355 e. The van der Waals surface area contributed by atoms with Crippen molar-refractivity contribution in [2.45, 2.75) is 64.7 Å². The minimum atomic E-state index is -0.0747. The molecule has 1 saturated carbocycles. The predicted octanol–water partition coefficient (Wildman–Crippen LogP) is 2.85. The third-order valence-electron chi connectivity index (χ3n) is 5.05. The number of nitrogens with one attached hydrogen (secondary N) is 2. The number of rotatable bonds is 5. The highest BCUT2D eigenvalue weighted by atomic mass is 16.2. The minimum absolute atomic E-state index is 0.0747. The van der Waals surface area contributed by atoms with Crippen molar-refractivity contribution in [1.29, 1.82) is 0 Å². The largest absolute Gasteiger partial charge is 0.355 e. The molecular weight excluding hydrogens is 236 g/mol. The molecule has 1 aliphatic heterocycles. The van der Waals surface area contributed by atoms with E-state index in [1.54, 1.807) is 0 Å². The Kier molecular flexibility index (Phi) is 5.68. The highest BCUT2D eigenvalue weighted by molar-refractivity contribution is 5.82. The van der Waals surface area contributed by atoms with Gasteiger partial charge in [0.25, 0.3) is 0 Å². The van der Waals surface area contributed by atoms with E-state index < -0.39 is 0 Å². The van der Waals surface area contributed by atoms with Gasteiger partial charge in [-0.15, -0.1) is 0 Å². The molecule has 2 N–H and O–H groups in total. The van der Waals surface area contributed by atoms with Gasteiger partial charge in [0.1, 0.15) is 0 Å². The Hall–Kier alpha value is -0.570. The quantitative estimate of drug-likeness (QED) is 0.803. The number of carbonyl (C=O) groups is 1. The molecule has 3 heteroatoms. The predicted molar refractivity (Wildman–Crippen MR) is 79.0 cm³/mol. The van der Waals surface area contributed by atoms with Crippen LogP contribution in [0.1, 0.15) is 64.7 Å². The summed E-state index contributed by atoms with van der Waals surface area (Å²) in [6.45, 7) is 5.10. The first-order valence-corrected chi connectivity index (χ1v) is 8.26. The van der Waals surface area contributed by atoms with Gasteiger partial charge in [-0.3, -0.25) is 4.79 Å². The fourth-order valence-corrected chi connectivity index (χ4v) is 3.79. The number of piperidine rings is 1. The van der Waals surface area contributed by atoms with E-state index in [4.69, 9.17) is 0 Å². The number of hydrogen-bond acceptors (Lipinski definition) is 2. The van der Waals surface area contributed by atoms with Crippen LogP contribution in [-0.4, -0.2) is 25.5 Å². The van der Waals surface area contributed by atoms with Crippen molar-refractivity contribution in [2.75, 3.05) is 19.6 Å². The first kappa shape index (κ1) is 14.8. The summed E-state index contributed by atoms with van der Waals surface area (Å²) in [5.41, 5.74) is -0.0747. The lowest BCUT2D eigenvalue weighted by Crippen LogP contribution is -2.48. The number of amides is 1. The molecule has 3 nitrogen and oxygen atoms in total. The lowest BCUT2D eigenvalue weighted by molar-refractivity contribution is -0.133. The summed E-state index contributed by atoms with van der Waals surface area (Å²) in [6.07, 6.45) is 10.9. The molecular formula is C16H30N2O. The highest BCUT2D eigenvalue weighted by Crippen LogP contribution is 2.34. The Balaban J connectivity index is 1.84. The zero-order valence-electron chi connectivity index (χ0n) is 12.5. The second-order valence-electron chi connectivity index (χ2n) is 6.49. The molecule has 0 bridgehead atoms. The first-order chi connectivity index (χ1) is 9.27. The van der Waals surface area contributed by atoms with Gasteiger partial charge in [-0.25, -0.2) is 0 Å². The summed E-state index contributed by atoms with van der Waals surface area (Å²) in [5, 5.41) is 6.66. The molecule has 1 amide bonds. The highest BCUT2D eigenvalue weighted by Gasteiger charge is 2.38. The second-order valence-corrected chi connectivity index (χ2v) is 6.49. The molecule has 1 heterocycles. The summed E-state index contributed by atoms with van der Waals surface area (Å²) in [7, 11) is 0. The van der Waals surface area contributed by atoms with E-state index in [0.717, 1.165) is 51.2 Å². The Bertz CT molecular complexity index is 273. The van der Waals surface area contributed by atoms with E-state index in [9.17, 15) is 4.79 Å². The van der Waals surface area contributed by atoms with Crippen LogP contribution in [0.15, 0.2) is 0 Å². The molecule has 2 rings (SSSR count). The van der Waals surface area contributed by atoms with Crippen LogP contribution in [0.3, 0.4) is 0 Å². The van der Waals surface area contributed by atoms with Crippen molar-refractivity contribution >= 4 is 5.91 Å². The maximum absolute atomic E-state index is 12.6. The van der Waals surface area contributed by atoms with Crippen LogP contribution in [0.5, 0.6) is 0 Å². The van der Waals surface area contributed by atoms with Gasteiger partial charge in [-0.05, 0) is 51.1 Å². The van der Waals surface area contributed by atoms with E-state index in [1.807, 2.05) is 0 Å². The molecule has 0 aromatic rings. The molecule has 1 saturated heterocycles. The molecule has 0 unspecified atom stereocenters. The Morgan fingerprint density at radius 1 is 1.21 bits per heavy atom. The molecule has 0 radical (unpaired) electrons. The fourth-order valence-electron chi connectivity index (χ4n) is 3.79. The molecule has 19 heavy (non-hydrogen) atoms. The van der Waals surface area contributed by atoms with Crippen LogP contribution in [0.2, 0.25) is 0 Å². The fraction of sp³-hybridized carbons (Fsp3) is 0.938. The lowest BCUT2D eigenvalue weighted by Gasteiger charge is -2.36. The van der Waals surface area contributed by atoms with Gasteiger partial charge in [0.2, 0.25) is 5.91 Å². The van der Waals surface area contributed by atoms with Crippen LogP contribution in [-0.2, 0) is 4.79 Å². The van der Waals surface area contributed by atoms with Gasteiger partial charge >= 0.3 is 0 Å². The van der Waals surface area contributed by atoms with Crippen molar-refractivity contribution in [1.82, 2.24) is 10.6 Å². The third-order valence-corrected chi connectivity index (χ3v) is 5.05. The zero-order chi connectivity index (χ0) is 13.6. The second kappa shape index (κ2) is 7.28. The average Bonchev–Trinajstić information content (AvgIpc) is 2.47. The van der Waals surface area contributed by atoms with Gasteiger partial charge in [0.15, 0.2) is 0 Å². The Morgan fingerprint density at radius 3 is 2.53 bits per heavy atom. The maximum Gasteiger partial charge on any atom is 0.226 e. The summed E-state index contributed by atoms with van der Waals surface area (Å²) in [4.78, 5) is 12.6. The lowest BCUT2D eigenvalue weighted by atomic mass is 9.74. The smallest absolute Gasteiger partial charge is 0.226 e. The molecule has 1 aliphatic carbocycles. The molecule has 2 fully saturated rings. The first-order valence-electron chi connectivity index (χ1n) is 8.26. The normalized spacial score (nSPS) is 24.1. The SMILES string of the molecule is CCCC1(C(=O)NCC2CCCCC2)CCNCC1. The number of carbonyl (C=O) groups excluding carboxylic acids is 1. The van der Waals surface area contributed by atoms with Crippen molar-refractivity contribution in [3.63, 3.8) is 0 Å². The van der Waals surface area contributed by atoms with Gasteiger partial charge in [-0.2, -0.15) is 0 Å². The van der Waals surface area contributed by atoms with Crippen molar-refractivity contribution in [3.8, 4) is 0 Å². The molecule has 0 aromatic carbocycles. The maximum atomic E-state index is 12.6. The number of hydrogen-bond donors (Lipinski definition) is 2. The van der Waals surface area contributed by atoms with Crippen LogP contribution in [0.25, 0.3) is 0 Å². The van der Waals surface area contributed by atoms with Gasteiger partial charge in [0, 0.05) is 6.54 Å². The summed E-state index contributed by atoms with van der Waals surface area (Å²) in [5.74, 6) is 1.07. The van der Waals surface area contributed by atoms with Gasteiger partial charge in [0.05, 0.1) is 5.41 Å². The zero-order valence-corrected chi connectivity index (χ0v) is 12.5. The van der Waals surface area contributed by atoms with Crippen LogP contribution < -0.4 is 10.6 Å². The van der Waals surface area contributed by atoms with Crippen LogP contribution >= 0.6 is 0 Å². The Labute approximate surface area is 117 Å². The van der Waals surface area contributed by atoms with E-state index in [1.165, 1.54) is 32.1 Å². The average molecular weight is 266 g/mol. The molecule has 110 valence electrons. The third kappa shape index (κ3) is 3.95. The topological polar surface area (TPSA) is 41.1 Å². The van der Waals surface area contributed by atoms with Crippen LogP contribution in [0, 0.1) is 11.3 Å². The van der Waals surface area contributed by atoms with Gasteiger partial charge in [-0.1, -0.05) is 32.6 Å². The van der Waals surface area contributed by atoms with Gasteiger partial charge < -0.3 is 10.6 Å². The van der Waals surface area contributed by atoms with E-state index in [0.29, 0.717) is 5.91 Å². The standard InChI is InChI=1S/C16H30N2O/c1-2-8-16(9-11-17-12-10-16)15(19)18-13-14-6-4-3-5-7-14/h14,17H,2-13H2,1H3,(H,18,19). The van der Waals surface area contributed by atoms with Crippen molar-refractivity contribution in [2.24, 2.45) is 11.3 Å². The van der Waals surface area contributed by atoms with E-state index in [2.05, 4.69) is 17.6 Å². The summed E-state index contributed by atoms with van der Waals surface area (Å²) >= 11 is 0. The summed E-state index contributed by atoms with van der Waals surface area (Å²) in [6, 6.07) is 0. The van der Waals surface area contributed by atoms with Crippen molar-refractivity contribution in [3.05, 3.63) is 0 Å². The molecule has 2 aliphatic rings. The van der Waals surface area contributed by atoms with E-state index in [-0.39, 0.29) is 5.41 Å². The Morgan fingerprint density at radius 2 is 1.89 bits per heavy atom. The molecule has 0 atom stereocenters. The monoisotopic (exact) mass is 266 g/mol. The molecule has 0 aromatic heterocycles. The van der Waals surface area contributed by atoms with Crippen molar-refractivity contribution < 1.29 is 4.79 Å².